The van der Waals surface area contributed by atoms with Crippen molar-refractivity contribution in [2.45, 2.75) is 45.6 Å². The number of piperidine rings is 1. The lowest BCUT2D eigenvalue weighted by Gasteiger charge is -2.26. The van der Waals surface area contributed by atoms with Crippen LogP contribution in [0.2, 0.25) is 0 Å². The molecule has 26 heavy (non-hydrogen) atoms. The average Bonchev–Trinajstić information content (AvgIpc) is 3.06. The Hall–Kier alpha value is -1.37. The maximum atomic E-state index is 12.7. The number of carbonyl (C=O) groups excluding carboxylic acids is 1. The van der Waals surface area contributed by atoms with E-state index in [1.165, 1.54) is 43.7 Å². The highest BCUT2D eigenvalue weighted by molar-refractivity contribution is 7.16. The summed E-state index contributed by atoms with van der Waals surface area (Å²) in [5.41, 5.74) is 0.0519. The summed E-state index contributed by atoms with van der Waals surface area (Å²) in [7, 11) is 0. The number of fused-ring (bicyclic) bond motifs is 1. The lowest BCUT2D eigenvalue weighted by Crippen LogP contribution is -2.36. The fourth-order valence-corrected chi connectivity index (χ4v) is 4.48. The molecule has 3 heterocycles. The number of halogens is 1. The van der Waals surface area contributed by atoms with Crippen molar-refractivity contribution in [3.63, 3.8) is 0 Å². The Bertz CT molecular complexity index is 794. The van der Waals surface area contributed by atoms with Gasteiger partial charge in [-0.1, -0.05) is 6.42 Å². The molecule has 1 amide bonds. The minimum Gasteiger partial charge on any atom is -0.352 e. The number of amides is 1. The minimum atomic E-state index is -0.258. The van der Waals surface area contributed by atoms with Gasteiger partial charge in [-0.2, -0.15) is 0 Å². The molecule has 1 fully saturated rings. The Kier molecular flexibility index (Phi) is 7.68. The quantitative estimate of drug-likeness (QED) is 0.756. The first-order valence-electron chi connectivity index (χ1n) is 9.21. The third kappa shape index (κ3) is 4.67. The summed E-state index contributed by atoms with van der Waals surface area (Å²) in [6.07, 6.45) is 4.81. The largest absolute Gasteiger partial charge is 0.352 e. The van der Waals surface area contributed by atoms with Crippen LogP contribution in [0.15, 0.2) is 22.3 Å². The number of nitrogens with zero attached hydrogens (tertiary/aromatic N) is 2. The van der Waals surface area contributed by atoms with Crippen LogP contribution in [0.5, 0.6) is 0 Å². The SMILES string of the molecule is CC(C)n1c(=O)c(C(=O)NCCCN2CCCCC2)cc2ccsc21.Cl. The average molecular weight is 398 g/mol. The molecule has 0 aromatic carbocycles. The van der Waals surface area contributed by atoms with Gasteiger partial charge < -0.3 is 10.2 Å². The van der Waals surface area contributed by atoms with Gasteiger partial charge in [-0.05, 0) is 70.3 Å². The standard InChI is InChI=1S/C19H27N3O2S.ClH/c1-14(2)22-18(24)16(13-15-7-12-25-19(15)22)17(23)20-8-6-11-21-9-4-3-5-10-21;/h7,12-14H,3-6,8-11H2,1-2H3,(H,20,23);1H. The monoisotopic (exact) mass is 397 g/mol. The molecular formula is C19H28ClN3O2S. The lowest BCUT2D eigenvalue weighted by atomic mass is 10.1. The van der Waals surface area contributed by atoms with E-state index in [0.717, 1.165) is 23.2 Å². The number of rotatable bonds is 6. The molecule has 0 aliphatic carbocycles. The van der Waals surface area contributed by atoms with Gasteiger partial charge in [0.15, 0.2) is 0 Å². The van der Waals surface area contributed by atoms with Gasteiger partial charge in [0.05, 0.1) is 0 Å². The van der Waals surface area contributed by atoms with Crippen molar-refractivity contribution in [3.05, 3.63) is 33.4 Å². The summed E-state index contributed by atoms with van der Waals surface area (Å²) in [5.74, 6) is -0.258. The second-order valence-electron chi connectivity index (χ2n) is 7.02. The van der Waals surface area contributed by atoms with Crippen LogP contribution in [0.3, 0.4) is 0 Å². The molecule has 0 bridgehead atoms. The highest BCUT2D eigenvalue weighted by Crippen LogP contribution is 2.22. The minimum absolute atomic E-state index is 0. The lowest BCUT2D eigenvalue weighted by molar-refractivity contribution is 0.0949. The molecule has 0 atom stereocenters. The Balaban J connectivity index is 0.00000243. The topological polar surface area (TPSA) is 54.3 Å². The molecule has 2 aromatic heterocycles. The number of nitrogens with one attached hydrogen (secondary N) is 1. The van der Waals surface area contributed by atoms with Crippen molar-refractivity contribution in [2.24, 2.45) is 0 Å². The maximum Gasteiger partial charge on any atom is 0.264 e. The predicted molar refractivity (Wildman–Crippen MR) is 111 cm³/mol. The molecule has 0 unspecified atom stereocenters. The maximum absolute atomic E-state index is 12.7. The molecule has 5 nitrogen and oxygen atoms in total. The fraction of sp³-hybridized carbons (Fsp3) is 0.579. The van der Waals surface area contributed by atoms with Gasteiger partial charge in [0.25, 0.3) is 11.5 Å². The van der Waals surface area contributed by atoms with Gasteiger partial charge in [-0.15, -0.1) is 23.7 Å². The number of likely N-dealkylation sites (tertiary alicyclic amines) is 1. The van der Waals surface area contributed by atoms with E-state index in [1.54, 1.807) is 10.6 Å². The third-order valence-corrected chi connectivity index (χ3v) is 5.72. The smallest absolute Gasteiger partial charge is 0.264 e. The summed E-state index contributed by atoms with van der Waals surface area (Å²) in [6, 6.07) is 3.72. The van der Waals surface area contributed by atoms with E-state index in [0.29, 0.717) is 6.54 Å². The highest BCUT2D eigenvalue weighted by Gasteiger charge is 2.17. The van der Waals surface area contributed by atoms with Crippen LogP contribution in [0.4, 0.5) is 0 Å². The van der Waals surface area contributed by atoms with E-state index in [4.69, 9.17) is 0 Å². The summed E-state index contributed by atoms with van der Waals surface area (Å²) in [4.78, 5) is 28.7. The number of aromatic nitrogens is 1. The number of pyridine rings is 1. The zero-order chi connectivity index (χ0) is 17.8. The molecule has 1 aliphatic rings. The number of hydrogen-bond acceptors (Lipinski definition) is 4. The van der Waals surface area contributed by atoms with Crippen molar-refractivity contribution in [1.29, 1.82) is 0 Å². The molecule has 2 aromatic rings. The molecular weight excluding hydrogens is 370 g/mol. The van der Waals surface area contributed by atoms with E-state index in [1.807, 2.05) is 25.3 Å². The van der Waals surface area contributed by atoms with Gasteiger partial charge >= 0.3 is 0 Å². The summed E-state index contributed by atoms with van der Waals surface area (Å²) in [6.45, 7) is 7.91. The molecule has 0 spiro atoms. The third-order valence-electron chi connectivity index (χ3n) is 4.79. The van der Waals surface area contributed by atoms with Crippen molar-refractivity contribution in [1.82, 2.24) is 14.8 Å². The van der Waals surface area contributed by atoms with Gasteiger partial charge in [-0.3, -0.25) is 14.2 Å². The van der Waals surface area contributed by atoms with E-state index in [-0.39, 0.29) is 35.5 Å². The second kappa shape index (κ2) is 9.53. The van der Waals surface area contributed by atoms with Crippen LogP contribution in [0.25, 0.3) is 10.2 Å². The van der Waals surface area contributed by atoms with Crippen LogP contribution in [0.1, 0.15) is 55.9 Å². The van der Waals surface area contributed by atoms with Gasteiger partial charge in [-0.25, -0.2) is 0 Å². The first-order valence-corrected chi connectivity index (χ1v) is 10.1. The van der Waals surface area contributed by atoms with Gasteiger partial charge in [0, 0.05) is 18.0 Å². The first kappa shape index (κ1) is 20.9. The fourth-order valence-electron chi connectivity index (χ4n) is 3.47. The van der Waals surface area contributed by atoms with Crippen LogP contribution in [-0.4, -0.2) is 41.6 Å². The molecule has 3 rings (SSSR count). The normalized spacial score (nSPS) is 15.2. The van der Waals surface area contributed by atoms with E-state index >= 15 is 0 Å². The van der Waals surface area contributed by atoms with Crippen molar-refractivity contribution in [3.8, 4) is 0 Å². The van der Waals surface area contributed by atoms with Crippen LogP contribution in [-0.2, 0) is 0 Å². The number of carbonyl (C=O) groups is 1. The Labute approximate surface area is 164 Å². The summed E-state index contributed by atoms with van der Waals surface area (Å²) in [5, 5.41) is 5.84. The second-order valence-corrected chi connectivity index (χ2v) is 7.91. The van der Waals surface area contributed by atoms with Crippen LogP contribution >= 0.6 is 23.7 Å². The van der Waals surface area contributed by atoms with Crippen molar-refractivity contribution in [2.75, 3.05) is 26.2 Å². The van der Waals surface area contributed by atoms with Crippen molar-refractivity contribution < 1.29 is 4.79 Å². The van der Waals surface area contributed by atoms with Crippen LogP contribution in [0, 0.1) is 0 Å². The number of hydrogen-bond donors (Lipinski definition) is 1. The molecule has 1 aliphatic heterocycles. The predicted octanol–water partition coefficient (Wildman–Crippen LogP) is 3.67. The van der Waals surface area contributed by atoms with E-state index in [2.05, 4.69) is 10.2 Å². The Morgan fingerprint density at radius 1 is 1.27 bits per heavy atom. The van der Waals surface area contributed by atoms with Crippen molar-refractivity contribution >= 4 is 39.9 Å². The summed E-state index contributed by atoms with van der Waals surface area (Å²) < 4.78 is 1.72. The number of thiophene rings is 1. The zero-order valence-corrected chi connectivity index (χ0v) is 17.1. The summed E-state index contributed by atoms with van der Waals surface area (Å²) >= 11 is 1.54. The molecule has 144 valence electrons. The molecule has 7 heteroatoms. The van der Waals surface area contributed by atoms with Gasteiger partial charge in [0.1, 0.15) is 10.4 Å². The highest BCUT2D eigenvalue weighted by atomic mass is 35.5. The van der Waals surface area contributed by atoms with Gasteiger partial charge in [0.2, 0.25) is 0 Å². The van der Waals surface area contributed by atoms with E-state index < -0.39 is 0 Å². The van der Waals surface area contributed by atoms with Crippen LogP contribution < -0.4 is 10.9 Å². The molecule has 0 saturated carbocycles. The first-order chi connectivity index (χ1) is 12.1. The Morgan fingerprint density at radius 3 is 2.69 bits per heavy atom. The molecule has 1 N–H and O–H groups in total. The molecule has 0 radical (unpaired) electrons. The molecule has 1 saturated heterocycles. The Morgan fingerprint density at radius 2 is 2.00 bits per heavy atom. The van der Waals surface area contributed by atoms with E-state index in [9.17, 15) is 9.59 Å². The zero-order valence-electron chi connectivity index (χ0n) is 15.5.